The van der Waals surface area contributed by atoms with Gasteiger partial charge < -0.3 is 30.3 Å². The van der Waals surface area contributed by atoms with Crippen LogP contribution in [0.25, 0.3) is 0 Å². The third-order valence-electron chi connectivity index (χ3n) is 5.49. The van der Waals surface area contributed by atoms with Gasteiger partial charge in [0.2, 0.25) is 5.95 Å². The predicted octanol–water partition coefficient (Wildman–Crippen LogP) is 0.951. The molecule has 26 heavy (non-hydrogen) atoms. The molecule has 144 valence electrons. The number of rotatable bonds is 5. The SMILES string of the molecule is Nc1nc(NC2CCN(CC3CCCO3)CC2)cc(N2CCOCC2)n1. The number of piperidine rings is 1. The maximum absolute atomic E-state index is 5.94. The van der Waals surface area contributed by atoms with Gasteiger partial charge in [0.25, 0.3) is 0 Å². The van der Waals surface area contributed by atoms with E-state index >= 15 is 0 Å². The number of nitrogens with zero attached hydrogens (tertiary/aromatic N) is 4. The lowest BCUT2D eigenvalue weighted by atomic mass is 10.0. The summed E-state index contributed by atoms with van der Waals surface area (Å²) in [7, 11) is 0. The first-order valence-electron chi connectivity index (χ1n) is 9.84. The van der Waals surface area contributed by atoms with Crippen molar-refractivity contribution in [2.45, 2.75) is 37.8 Å². The fraction of sp³-hybridized carbons (Fsp3) is 0.778. The third kappa shape index (κ3) is 4.55. The molecular weight excluding hydrogens is 332 g/mol. The zero-order valence-corrected chi connectivity index (χ0v) is 15.4. The smallest absolute Gasteiger partial charge is 0.223 e. The molecule has 4 rings (SSSR count). The molecule has 0 saturated carbocycles. The Labute approximate surface area is 155 Å². The second kappa shape index (κ2) is 8.37. The highest BCUT2D eigenvalue weighted by Gasteiger charge is 2.24. The van der Waals surface area contributed by atoms with Gasteiger partial charge in [0.1, 0.15) is 11.6 Å². The molecule has 4 heterocycles. The Kier molecular flexibility index (Phi) is 5.72. The molecule has 1 aromatic rings. The van der Waals surface area contributed by atoms with Gasteiger partial charge in [0.05, 0.1) is 19.3 Å². The van der Waals surface area contributed by atoms with Crippen LogP contribution in [0.15, 0.2) is 6.07 Å². The zero-order valence-electron chi connectivity index (χ0n) is 15.4. The van der Waals surface area contributed by atoms with Crippen molar-refractivity contribution in [2.24, 2.45) is 0 Å². The minimum atomic E-state index is 0.326. The van der Waals surface area contributed by atoms with Crippen LogP contribution < -0.4 is 16.0 Å². The number of morpholine rings is 1. The highest BCUT2D eigenvalue weighted by atomic mass is 16.5. The van der Waals surface area contributed by atoms with Crippen LogP contribution in [0.4, 0.5) is 17.6 Å². The lowest BCUT2D eigenvalue weighted by Crippen LogP contribution is -2.42. The van der Waals surface area contributed by atoms with E-state index < -0.39 is 0 Å². The van der Waals surface area contributed by atoms with Crippen LogP contribution >= 0.6 is 0 Å². The highest BCUT2D eigenvalue weighted by Crippen LogP contribution is 2.22. The number of ether oxygens (including phenoxy) is 2. The quantitative estimate of drug-likeness (QED) is 0.800. The normalized spacial score (nSPS) is 25.5. The van der Waals surface area contributed by atoms with E-state index in [9.17, 15) is 0 Å². The second-order valence-corrected chi connectivity index (χ2v) is 7.42. The van der Waals surface area contributed by atoms with Gasteiger partial charge in [0.15, 0.2) is 0 Å². The number of aromatic nitrogens is 2. The largest absolute Gasteiger partial charge is 0.378 e. The van der Waals surface area contributed by atoms with Crippen molar-refractivity contribution in [1.82, 2.24) is 14.9 Å². The summed E-state index contributed by atoms with van der Waals surface area (Å²) in [5, 5.41) is 3.57. The summed E-state index contributed by atoms with van der Waals surface area (Å²) < 4.78 is 11.2. The first-order valence-corrected chi connectivity index (χ1v) is 9.84. The summed E-state index contributed by atoms with van der Waals surface area (Å²) >= 11 is 0. The lowest BCUT2D eigenvalue weighted by molar-refractivity contribution is 0.0654. The summed E-state index contributed by atoms with van der Waals surface area (Å²) in [6.07, 6.45) is 5.09. The molecule has 3 aliphatic heterocycles. The van der Waals surface area contributed by atoms with Crippen LogP contribution in [0.5, 0.6) is 0 Å². The van der Waals surface area contributed by atoms with Gasteiger partial charge in [0, 0.05) is 51.4 Å². The fourth-order valence-electron chi connectivity index (χ4n) is 4.03. The molecule has 0 amide bonds. The number of anilines is 3. The van der Waals surface area contributed by atoms with E-state index in [2.05, 4.69) is 25.1 Å². The second-order valence-electron chi connectivity index (χ2n) is 7.42. The van der Waals surface area contributed by atoms with Crippen molar-refractivity contribution in [2.75, 3.05) is 68.5 Å². The summed E-state index contributed by atoms with van der Waals surface area (Å²) in [4.78, 5) is 13.5. The minimum Gasteiger partial charge on any atom is -0.378 e. The van der Waals surface area contributed by atoms with Crippen LogP contribution in [-0.2, 0) is 9.47 Å². The standard InChI is InChI=1S/C18H30N6O2/c19-18-21-16(12-17(22-18)24-7-10-25-11-8-24)20-14-3-5-23(6-4-14)13-15-2-1-9-26-15/h12,14-15H,1-11,13H2,(H3,19,20,21,22). The zero-order chi connectivity index (χ0) is 17.8. The van der Waals surface area contributed by atoms with Gasteiger partial charge in [-0.25, -0.2) is 0 Å². The Balaban J connectivity index is 1.30. The molecule has 3 aliphatic rings. The molecule has 0 spiro atoms. The van der Waals surface area contributed by atoms with Crippen LogP contribution in [0, 0.1) is 0 Å². The van der Waals surface area contributed by atoms with E-state index in [1.807, 2.05) is 6.07 Å². The number of nitrogens with one attached hydrogen (secondary N) is 1. The van der Waals surface area contributed by atoms with E-state index in [1.54, 1.807) is 0 Å². The van der Waals surface area contributed by atoms with Gasteiger partial charge >= 0.3 is 0 Å². The predicted molar refractivity (Wildman–Crippen MR) is 102 cm³/mol. The molecule has 0 aliphatic carbocycles. The van der Waals surface area contributed by atoms with E-state index in [0.29, 0.717) is 18.1 Å². The fourth-order valence-corrected chi connectivity index (χ4v) is 4.03. The van der Waals surface area contributed by atoms with Crippen molar-refractivity contribution < 1.29 is 9.47 Å². The van der Waals surface area contributed by atoms with Crippen molar-refractivity contribution >= 4 is 17.6 Å². The van der Waals surface area contributed by atoms with Crippen LogP contribution in [0.1, 0.15) is 25.7 Å². The topological polar surface area (TPSA) is 88.8 Å². The molecule has 3 fully saturated rings. The Bertz CT molecular complexity index is 581. The molecule has 0 aromatic carbocycles. The molecule has 0 bridgehead atoms. The molecule has 1 unspecified atom stereocenters. The van der Waals surface area contributed by atoms with Crippen LogP contribution in [0.3, 0.4) is 0 Å². The van der Waals surface area contributed by atoms with Gasteiger partial charge in [-0.15, -0.1) is 0 Å². The van der Waals surface area contributed by atoms with Gasteiger partial charge in [-0.05, 0) is 25.7 Å². The average Bonchev–Trinajstić information content (AvgIpc) is 3.17. The molecular formula is C18H30N6O2. The van der Waals surface area contributed by atoms with Crippen LogP contribution in [0.2, 0.25) is 0 Å². The van der Waals surface area contributed by atoms with E-state index in [1.165, 1.54) is 12.8 Å². The number of likely N-dealkylation sites (tertiary alicyclic amines) is 1. The summed E-state index contributed by atoms with van der Waals surface area (Å²) in [5.74, 6) is 2.04. The number of nitrogens with two attached hydrogens (primary N) is 1. The van der Waals surface area contributed by atoms with Crippen molar-refractivity contribution in [3.8, 4) is 0 Å². The van der Waals surface area contributed by atoms with E-state index in [4.69, 9.17) is 15.2 Å². The monoisotopic (exact) mass is 362 g/mol. The van der Waals surface area contributed by atoms with Gasteiger partial charge in [-0.2, -0.15) is 9.97 Å². The van der Waals surface area contributed by atoms with Crippen molar-refractivity contribution in [3.63, 3.8) is 0 Å². The van der Waals surface area contributed by atoms with E-state index in [-0.39, 0.29) is 0 Å². The molecule has 8 heteroatoms. The van der Waals surface area contributed by atoms with Crippen molar-refractivity contribution in [1.29, 1.82) is 0 Å². The molecule has 3 saturated heterocycles. The average molecular weight is 362 g/mol. The summed E-state index contributed by atoms with van der Waals surface area (Å²) in [6.45, 7) is 7.38. The van der Waals surface area contributed by atoms with Crippen molar-refractivity contribution in [3.05, 3.63) is 6.07 Å². The summed E-state index contributed by atoms with van der Waals surface area (Å²) in [5.41, 5.74) is 5.94. The molecule has 3 N–H and O–H groups in total. The number of nitrogen functional groups attached to an aromatic ring is 1. The number of hydrogen-bond donors (Lipinski definition) is 2. The first-order chi connectivity index (χ1) is 12.8. The molecule has 1 atom stereocenters. The Morgan fingerprint density at radius 2 is 1.88 bits per heavy atom. The van der Waals surface area contributed by atoms with Crippen LogP contribution in [-0.4, -0.2) is 79.6 Å². The van der Waals surface area contributed by atoms with E-state index in [0.717, 1.165) is 77.0 Å². The lowest BCUT2D eigenvalue weighted by Gasteiger charge is -2.34. The number of hydrogen-bond acceptors (Lipinski definition) is 8. The molecule has 1 aromatic heterocycles. The Morgan fingerprint density at radius 3 is 2.62 bits per heavy atom. The minimum absolute atomic E-state index is 0.326. The highest BCUT2D eigenvalue weighted by molar-refractivity contribution is 5.53. The van der Waals surface area contributed by atoms with Gasteiger partial charge in [-0.1, -0.05) is 0 Å². The maximum Gasteiger partial charge on any atom is 0.223 e. The molecule has 8 nitrogen and oxygen atoms in total. The third-order valence-corrected chi connectivity index (χ3v) is 5.49. The maximum atomic E-state index is 5.94. The summed E-state index contributed by atoms with van der Waals surface area (Å²) in [6, 6.07) is 2.45. The Morgan fingerprint density at radius 1 is 1.08 bits per heavy atom. The van der Waals surface area contributed by atoms with Gasteiger partial charge in [-0.3, -0.25) is 0 Å². The molecule has 0 radical (unpaired) electrons. The first kappa shape index (κ1) is 17.8. The Hall–Kier alpha value is -1.64.